The van der Waals surface area contributed by atoms with Gasteiger partial charge in [0.15, 0.2) is 0 Å². The summed E-state index contributed by atoms with van der Waals surface area (Å²) in [6, 6.07) is 8.82. The Morgan fingerprint density at radius 3 is 2.76 bits per heavy atom. The minimum atomic E-state index is 0.136. The van der Waals surface area contributed by atoms with Crippen molar-refractivity contribution in [2.75, 3.05) is 26.5 Å². The Bertz CT molecular complexity index is 351. The summed E-state index contributed by atoms with van der Waals surface area (Å²) in [5.74, 6) is 0.812. The third kappa shape index (κ3) is 2.68. The van der Waals surface area contributed by atoms with E-state index in [1.807, 2.05) is 0 Å². The number of hydrogen-bond donors (Lipinski definition) is 1. The third-order valence-corrected chi connectivity index (χ3v) is 3.66. The second-order valence-corrected chi connectivity index (χ2v) is 4.95. The minimum Gasteiger partial charge on any atom is -0.352 e. The van der Waals surface area contributed by atoms with Gasteiger partial charge in [-0.05, 0) is 43.0 Å². The van der Waals surface area contributed by atoms with Gasteiger partial charge in [-0.1, -0.05) is 24.3 Å². The summed E-state index contributed by atoms with van der Waals surface area (Å²) >= 11 is 0. The predicted octanol–water partition coefficient (Wildman–Crippen LogP) is 1.88. The highest BCUT2D eigenvalue weighted by molar-refractivity contribution is 5.25. The lowest BCUT2D eigenvalue weighted by Gasteiger charge is -2.11. The van der Waals surface area contributed by atoms with Crippen LogP contribution in [-0.4, -0.2) is 26.5 Å². The largest absolute Gasteiger partial charge is 0.352 e. The molecule has 0 bridgehead atoms. The first-order valence-corrected chi connectivity index (χ1v) is 6.41. The zero-order valence-electron chi connectivity index (χ0n) is 10.0. The minimum absolute atomic E-state index is 0.136. The summed E-state index contributed by atoms with van der Waals surface area (Å²) in [6.45, 7) is 3.46. The van der Waals surface area contributed by atoms with Crippen molar-refractivity contribution < 1.29 is 9.47 Å². The molecule has 92 valence electrons. The van der Waals surface area contributed by atoms with Crippen LogP contribution in [0, 0.1) is 5.92 Å². The van der Waals surface area contributed by atoms with Gasteiger partial charge in [-0.15, -0.1) is 0 Å². The summed E-state index contributed by atoms with van der Waals surface area (Å²) in [6.07, 6.45) is 2.63. The van der Waals surface area contributed by atoms with Crippen molar-refractivity contribution in [1.82, 2.24) is 5.32 Å². The van der Waals surface area contributed by atoms with Crippen LogP contribution in [0.1, 0.15) is 23.7 Å². The molecule has 0 saturated carbocycles. The lowest BCUT2D eigenvalue weighted by molar-refractivity contribution is 0.0466. The van der Waals surface area contributed by atoms with Gasteiger partial charge in [-0.3, -0.25) is 0 Å². The fourth-order valence-corrected chi connectivity index (χ4v) is 2.62. The van der Waals surface area contributed by atoms with E-state index < -0.39 is 0 Å². The van der Waals surface area contributed by atoms with Crippen LogP contribution < -0.4 is 5.32 Å². The normalized spacial score (nSPS) is 28.7. The fraction of sp³-hybridized carbons (Fsp3) is 0.571. The Labute approximate surface area is 102 Å². The maximum Gasteiger partial charge on any atom is 0.147 e. The molecule has 2 heterocycles. The maximum absolute atomic E-state index is 5.48. The molecule has 0 aliphatic carbocycles. The Kier molecular flexibility index (Phi) is 3.41. The molecule has 1 N–H and O–H groups in total. The molecule has 0 amide bonds. The van der Waals surface area contributed by atoms with Crippen LogP contribution in [0.2, 0.25) is 0 Å². The van der Waals surface area contributed by atoms with Gasteiger partial charge in [0, 0.05) is 0 Å². The van der Waals surface area contributed by atoms with Crippen molar-refractivity contribution in [3.63, 3.8) is 0 Å². The SMILES string of the molecule is c1cc(C2COCO2)ccc1CC1CCNC1. The summed E-state index contributed by atoms with van der Waals surface area (Å²) in [5, 5.41) is 3.41. The van der Waals surface area contributed by atoms with Gasteiger partial charge in [0.25, 0.3) is 0 Å². The number of nitrogens with one attached hydrogen (secondary N) is 1. The van der Waals surface area contributed by atoms with E-state index in [0.29, 0.717) is 13.4 Å². The molecule has 0 radical (unpaired) electrons. The van der Waals surface area contributed by atoms with Crippen LogP contribution in [0.15, 0.2) is 24.3 Å². The van der Waals surface area contributed by atoms with Crippen molar-refractivity contribution in [1.29, 1.82) is 0 Å². The number of benzene rings is 1. The topological polar surface area (TPSA) is 30.5 Å². The predicted molar refractivity (Wildman–Crippen MR) is 65.8 cm³/mol. The standard InChI is InChI=1S/C14H19NO2/c1-3-13(14-9-16-10-17-14)4-2-11(1)7-12-5-6-15-8-12/h1-4,12,14-15H,5-10H2. The molecule has 2 fully saturated rings. The van der Waals surface area contributed by atoms with Gasteiger partial charge in [0.2, 0.25) is 0 Å². The van der Waals surface area contributed by atoms with E-state index in [0.717, 1.165) is 5.92 Å². The van der Waals surface area contributed by atoms with Gasteiger partial charge in [-0.2, -0.15) is 0 Å². The van der Waals surface area contributed by atoms with E-state index >= 15 is 0 Å². The van der Waals surface area contributed by atoms with Gasteiger partial charge in [-0.25, -0.2) is 0 Å². The van der Waals surface area contributed by atoms with Gasteiger partial charge in [0.05, 0.1) is 6.61 Å². The molecular weight excluding hydrogens is 214 g/mol. The fourth-order valence-electron chi connectivity index (χ4n) is 2.62. The van der Waals surface area contributed by atoms with Gasteiger partial charge >= 0.3 is 0 Å². The zero-order valence-corrected chi connectivity index (χ0v) is 10.0. The first kappa shape index (κ1) is 11.2. The quantitative estimate of drug-likeness (QED) is 0.864. The average Bonchev–Trinajstić information content (AvgIpc) is 3.01. The first-order chi connectivity index (χ1) is 8.42. The number of hydrogen-bond acceptors (Lipinski definition) is 3. The van der Waals surface area contributed by atoms with Crippen LogP contribution in [0.3, 0.4) is 0 Å². The van der Waals surface area contributed by atoms with Crippen LogP contribution >= 0.6 is 0 Å². The molecule has 3 nitrogen and oxygen atoms in total. The summed E-state index contributed by atoms with van der Waals surface area (Å²) in [4.78, 5) is 0. The van der Waals surface area contributed by atoms with Crippen LogP contribution in [0.4, 0.5) is 0 Å². The van der Waals surface area contributed by atoms with Crippen molar-refractivity contribution in [3.05, 3.63) is 35.4 Å². The van der Waals surface area contributed by atoms with E-state index in [4.69, 9.17) is 9.47 Å². The molecule has 2 atom stereocenters. The molecule has 2 unspecified atom stereocenters. The van der Waals surface area contributed by atoms with Crippen molar-refractivity contribution in [3.8, 4) is 0 Å². The smallest absolute Gasteiger partial charge is 0.147 e. The molecule has 3 heteroatoms. The van der Waals surface area contributed by atoms with E-state index in [1.165, 1.54) is 37.1 Å². The lowest BCUT2D eigenvalue weighted by Crippen LogP contribution is -2.10. The molecular formula is C14H19NO2. The monoisotopic (exact) mass is 233 g/mol. The zero-order chi connectivity index (χ0) is 11.5. The molecule has 2 saturated heterocycles. The Morgan fingerprint density at radius 2 is 2.12 bits per heavy atom. The molecule has 3 rings (SSSR count). The molecule has 0 aromatic heterocycles. The molecule has 17 heavy (non-hydrogen) atoms. The second-order valence-electron chi connectivity index (χ2n) is 4.95. The average molecular weight is 233 g/mol. The van der Waals surface area contributed by atoms with E-state index in [2.05, 4.69) is 29.6 Å². The summed E-state index contributed by atoms with van der Waals surface area (Å²) in [7, 11) is 0. The first-order valence-electron chi connectivity index (χ1n) is 6.41. The third-order valence-electron chi connectivity index (χ3n) is 3.66. The molecule has 1 aromatic rings. The van der Waals surface area contributed by atoms with E-state index in [1.54, 1.807) is 0 Å². The Morgan fingerprint density at radius 1 is 1.24 bits per heavy atom. The van der Waals surface area contributed by atoms with Gasteiger partial charge < -0.3 is 14.8 Å². The van der Waals surface area contributed by atoms with E-state index in [9.17, 15) is 0 Å². The number of rotatable bonds is 3. The van der Waals surface area contributed by atoms with Crippen molar-refractivity contribution in [2.45, 2.75) is 18.9 Å². The van der Waals surface area contributed by atoms with Crippen LogP contribution in [0.25, 0.3) is 0 Å². The van der Waals surface area contributed by atoms with Crippen molar-refractivity contribution >= 4 is 0 Å². The molecule has 1 aromatic carbocycles. The molecule has 0 spiro atoms. The highest BCUT2D eigenvalue weighted by atomic mass is 16.7. The Hall–Kier alpha value is -0.900. The molecule has 2 aliphatic rings. The van der Waals surface area contributed by atoms with E-state index in [-0.39, 0.29) is 6.10 Å². The highest BCUT2D eigenvalue weighted by Gasteiger charge is 2.18. The highest BCUT2D eigenvalue weighted by Crippen LogP contribution is 2.23. The molecule has 2 aliphatic heterocycles. The number of ether oxygens (including phenoxy) is 2. The summed E-state index contributed by atoms with van der Waals surface area (Å²) in [5.41, 5.74) is 2.66. The van der Waals surface area contributed by atoms with Crippen LogP contribution in [-0.2, 0) is 15.9 Å². The van der Waals surface area contributed by atoms with Crippen LogP contribution in [0.5, 0.6) is 0 Å². The Balaban J connectivity index is 1.62. The second kappa shape index (κ2) is 5.17. The lowest BCUT2D eigenvalue weighted by atomic mass is 9.97. The summed E-state index contributed by atoms with van der Waals surface area (Å²) < 4.78 is 10.7. The maximum atomic E-state index is 5.48. The van der Waals surface area contributed by atoms with Crippen molar-refractivity contribution in [2.24, 2.45) is 5.92 Å². The van der Waals surface area contributed by atoms with Gasteiger partial charge in [0.1, 0.15) is 12.9 Å².